The number of nitrogens with two attached hydrogens (primary N) is 1. The van der Waals surface area contributed by atoms with Crippen LogP contribution in [0.5, 0.6) is 0 Å². The van der Waals surface area contributed by atoms with Crippen LogP contribution in [-0.2, 0) is 0 Å². The lowest BCUT2D eigenvalue weighted by atomic mass is 9.94. The average Bonchev–Trinajstić information content (AvgIpc) is 2.62. The van der Waals surface area contributed by atoms with E-state index in [1.165, 1.54) is 0 Å². The summed E-state index contributed by atoms with van der Waals surface area (Å²) in [6.07, 6.45) is 8.68. The van der Waals surface area contributed by atoms with Crippen LogP contribution in [0.4, 0.5) is 0 Å². The van der Waals surface area contributed by atoms with E-state index in [2.05, 4.69) is 48.8 Å². The van der Waals surface area contributed by atoms with Crippen molar-refractivity contribution in [2.24, 2.45) is 5.73 Å². The molecule has 1 aliphatic carbocycles. The summed E-state index contributed by atoms with van der Waals surface area (Å²) in [6.45, 7) is 14.1. The van der Waals surface area contributed by atoms with Crippen LogP contribution >= 0.6 is 0 Å². The van der Waals surface area contributed by atoms with Crippen LogP contribution in [0.15, 0.2) is 78.6 Å². The molecular weight excluding hydrogens is 280 g/mol. The molecule has 0 bridgehead atoms. The Labute approximate surface area is 141 Å². The zero-order valence-corrected chi connectivity index (χ0v) is 14.7. The maximum absolute atomic E-state index is 6.33. The number of rotatable bonds is 6. The first-order valence-corrected chi connectivity index (χ1v) is 8.38. The van der Waals surface area contributed by atoms with Gasteiger partial charge in [-0.05, 0) is 30.9 Å². The second-order valence-corrected chi connectivity index (χ2v) is 5.52. The van der Waals surface area contributed by atoms with E-state index >= 15 is 0 Å². The average molecular weight is 310 g/mol. The van der Waals surface area contributed by atoms with Gasteiger partial charge in [-0.2, -0.15) is 0 Å². The Bertz CT molecular complexity index is 567. The standard InChI is InChI=1S/C19H24N2.C2H6/c1-14(2)18(20)19(17-12-8-5-9-13-17)21-15(3)16-10-6-4-7-11-16;1-2/h5-6,8-13,18-19,21H,1,3-4,7,20H2,2H3;1-2H3. The molecule has 0 aliphatic heterocycles. The summed E-state index contributed by atoms with van der Waals surface area (Å²) in [5.41, 5.74) is 10.5. The van der Waals surface area contributed by atoms with E-state index in [9.17, 15) is 0 Å². The minimum atomic E-state index is -0.155. The number of hydrogen-bond acceptors (Lipinski definition) is 2. The fourth-order valence-corrected chi connectivity index (χ4v) is 2.43. The minimum Gasteiger partial charge on any atom is -0.376 e. The lowest BCUT2D eigenvalue weighted by Crippen LogP contribution is -2.38. The van der Waals surface area contributed by atoms with Gasteiger partial charge in [0, 0.05) is 11.7 Å². The number of nitrogens with one attached hydrogen (secondary N) is 1. The van der Waals surface area contributed by atoms with Crippen molar-refractivity contribution in [3.8, 4) is 0 Å². The summed E-state index contributed by atoms with van der Waals surface area (Å²) in [7, 11) is 0. The molecule has 0 spiro atoms. The van der Waals surface area contributed by atoms with E-state index in [0.29, 0.717) is 0 Å². The summed E-state index contributed by atoms with van der Waals surface area (Å²) in [5, 5.41) is 3.48. The van der Waals surface area contributed by atoms with Gasteiger partial charge in [0.25, 0.3) is 0 Å². The van der Waals surface area contributed by atoms with Crippen molar-refractivity contribution in [1.82, 2.24) is 5.32 Å². The largest absolute Gasteiger partial charge is 0.376 e. The first-order chi connectivity index (χ1) is 11.1. The second-order valence-electron chi connectivity index (χ2n) is 5.52. The van der Waals surface area contributed by atoms with Crippen LogP contribution in [-0.4, -0.2) is 6.04 Å². The molecule has 124 valence electrons. The van der Waals surface area contributed by atoms with Crippen molar-refractivity contribution in [3.05, 3.63) is 84.1 Å². The molecule has 0 heterocycles. The van der Waals surface area contributed by atoms with Gasteiger partial charge in [-0.1, -0.05) is 81.1 Å². The summed E-state index contributed by atoms with van der Waals surface area (Å²) in [5.74, 6) is 0. The van der Waals surface area contributed by atoms with Gasteiger partial charge in [0.1, 0.15) is 0 Å². The third-order valence-corrected chi connectivity index (χ3v) is 3.76. The third-order valence-electron chi connectivity index (χ3n) is 3.76. The Hall–Kier alpha value is -2.06. The van der Waals surface area contributed by atoms with Gasteiger partial charge in [-0.3, -0.25) is 0 Å². The quantitative estimate of drug-likeness (QED) is 0.723. The van der Waals surface area contributed by atoms with Crippen LogP contribution in [0.3, 0.4) is 0 Å². The third kappa shape index (κ3) is 5.57. The Morgan fingerprint density at radius 3 is 2.30 bits per heavy atom. The van der Waals surface area contributed by atoms with Crippen molar-refractivity contribution in [1.29, 1.82) is 0 Å². The molecule has 1 aromatic rings. The van der Waals surface area contributed by atoms with E-state index in [1.54, 1.807) is 0 Å². The van der Waals surface area contributed by atoms with E-state index in [-0.39, 0.29) is 12.1 Å². The summed E-state index contributed by atoms with van der Waals surface area (Å²) >= 11 is 0. The van der Waals surface area contributed by atoms with Crippen molar-refractivity contribution >= 4 is 0 Å². The zero-order valence-electron chi connectivity index (χ0n) is 14.7. The maximum atomic E-state index is 6.33. The number of benzene rings is 1. The fraction of sp³-hybridized carbons (Fsp3) is 0.333. The van der Waals surface area contributed by atoms with E-state index in [1.807, 2.05) is 39.0 Å². The predicted octanol–water partition coefficient (Wildman–Crippen LogP) is 5.04. The Balaban J connectivity index is 0.00000127. The second kappa shape index (κ2) is 9.86. The highest BCUT2D eigenvalue weighted by Gasteiger charge is 2.21. The summed E-state index contributed by atoms with van der Waals surface area (Å²) in [4.78, 5) is 0. The van der Waals surface area contributed by atoms with Gasteiger partial charge in [-0.15, -0.1) is 0 Å². The zero-order chi connectivity index (χ0) is 17.2. The molecule has 2 atom stereocenters. The molecular formula is C21H30N2. The Morgan fingerprint density at radius 2 is 1.78 bits per heavy atom. The van der Waals surface area contributed by atoms with Crippen LogP contribution in [0.1, 0.15) is 45.2 Å². The normalized spacial score (nSPS) is 15.6. The van der Waals surface area contributed by atoms with Crippen molar-refractivity contribution in [3.63, 3.8) is 0 Å². The molecule has 2 nitrogen and oxygen atoms in total. The molecule has 2 rings (SSSR count). The molecule has 0 aromatic heterocycles. The highest BCUT2D eigenvalue weighted by molar-refractivity contribution is 5.40. The molecule has 2 unspecified atom stereocenters. The monoisotopic (exact) mass is 310 g/mol. The highest BCUT2D eigenvalue weighted by atomic mass is 15.0. The minimum absolute atomic E-state index is 0.0209. The SMILES string of the molecule is C=C(NC(c1ccccc1)C(N)C(=C)C)C1=CCCC=C1.CC. The summed E-state index contributed by atoms with van der Waals surface area (Å²) in [6, 6.07) is 10.0. The number of allylic oxidation sites excluding steroid dienone is 3. The van der Waals surface area contributed by atoms with Crippen molar-refractivity contribution < 1.29 is 0 Å². The van der Waals surface area contributed by atoms with Crippen LogP contribution in [0.2, 0.25) is 0 Å². The Kier molecular flexibility index (Phi) is 8.14. The molecule has 0 radical (unpaired) electrons. The topological polar surface area (TPSA) is 38.0 Å². The van der Waals surface area contributed by atoms with E-state index < -0.39 is 0 Å². The van der Waals surface area contributed by atoms with Gasteiger partial charge in [-0.25, -0.2) is 0 Å². The molecule has 23 heavy (non-hydrogen) atoms. The molecule has 3 N–H and O–H groups in total. The van der Waals surface area contributed by atoms with Crippen LogP contribution in [0.25, 0.3) is 0 Å². The smallest absolute Gasteiger partial charge is 0.0703 e. The molecule has 1 aliphatic rings. The predicted molar refractivity (Wildman–Crippen MR) is 102 cm³/mol. The fourth-order valence-electron chi connectivity index (χ4n) is 2.43. The molecule has 1 aromatic carbocycles. The first-order valence-electron chi connectivity index (χ1n) is 8.38. The molecule has 0 saturated heterocycles. The molecule has 0 saturated carbocycles. The number of hydrogen-bond donors (Lipinski definition) is 2. The van der Waals surface area contributed by atoms with Gasteiger partial charge in [0.05, 0.1) is 6.04 Å². The molecule has 0 amide bonds. The molecule has 2 heteroatoms. The lowest BCUT2D eigenvalue weighted by Gasteiger charge is -2.28. The first kappa shape index (κ1) is 19.0. The van der Waals surface area contributed by atoms with Gasteiger partial charge in [0.15, 0.2) is 0 Å². The van der Waals surface area contributed by atoms with Crippen LogP contribution in [0, 0.1) is 0 Å². The Morgan fingerprint density at radius 1 is 1.13 bits per heavy atom. The highest BCUT2D eigenvalue weighted by Crippen LogP contribution is 2.23. The van der Waals surface area contributed by atoms with E-state index in [0.717, 1.165) is 35.2 Å². The van der Waals surface area contributed by atoms with Gasteiger partial charge in [0.2, 0.25) is 0 Å². The maximum Gasteiger partial charge on any atom is 0.0703 e. The summed E-state index contributed by atoms with van der Waals surface area (Å²) < 4.78 is 0. The molecule has 0 fully saturated rings. The lowest BCUT2D eigenvalue weighted by molar-refractivity contribution is 0.527. The van der Waals surface area contributed by atoms with Crippen molar-refractivity contribution in [2.45, 2.75) is 45.7 Å². The van der Waals surface area contributed by atoms with E-state index in [4.69, 9.17) is 5.73 Å². The van der Waals surface area contributed by atoms with Gasteiger partial charge >= 0.3 is 0 Å². The van der Waals surface area contributed by atoms with Crippen LogP contribution < -0.4 is 11.1 Å². The van der Waals surface area contributed by atoms with Gasteiger partial charge < -0.3 is 11.1 Å². The van der Waals surface area contributed by atoms with Crippen molar-refractivity contribution in [2.75, 3.05) is 0 Å².